The molecule has 0 aliphatic carbocycles. The average molecular weight is 324 g/mol. The van der Waals surface area contributed by atoms with Gasteiger partial charge in [-0.3, -0.25) is 0 Å². The smallest absolute Gasteiger partial charge is 0.115 e. The molecular weight excluding hydrogens is 310 g/mol. The summed E-state index contributed by atoms with van der Waals surface area (Å²) in [6.07, 6.45) is 2.14. The van der Waals surface area contributed by atoms with Crippen molar-refractivity contribution < 1.29 is 5.11 Å². The van der Waals surface area contributed by atoms with E-state index in [0.29, 0.717) is 0 Å². The van der Waals surface area contributed by atoms with Gasteiger partial charge in [0.05, 0.1) is 10.6 Å². The lowest BCUT2D eigenvalue weighted by Crippen LogP contribution is -1.94. The Kier molecular flexibility index (Phi) is 4.80. The fourth-order valence-electron chi connectivity index (χ4n) is 1.55. The predicted molar refractivity (Wildman–Crippen MR) is 77.8 cm³/mol. The molecule has 18 heavy (non-hydrogen) atoms. The highest BCUT2D eigenvalue weighted by Gasteiger charge is 2.06. The fourth-order valence-corrected chi connectivity index (χ4v) is 2.82. The minimum absolute atomic E-state index is 0.370. The van der Waals surface area contributed by atoms with E-state index in [9.17, 15) is 5.11 Å². The molecule has 0 saturated carbocycles. The first-order valence-electron chi connectivity index (χ1n) is 5.77. The van der Waals surface area contributed by atoms with E-state index in [-0.39, 0.29) is 6.10 Å². The topological polar surface area (TPSA) is 33.1 Å². The number of nitrogens with zero attached hydrogens (tertiary/aromatic N) is 1. The van der Waals surface area contributed by atoms with Gasteiger partial charge >= 0.3 is 0 Å². The molecule has 1 aromatic carbocycles. The SMILES string of the molecule is CCC(O)c1ccc(Sc2ncccc2Br)cc1. The minimum Gasteiger partial charge on any atom is -0.388 e. The van der Waals surface area contributed by atoms with Crippen LogP contribution in [0.4, 0.5) is 0 Å². The Hall–Kier alpha value is -0.840. The number of halogens is 1. The van der Waals surface area contributed by atoms with Gasteiger partial charge in [0, 0.05) is 11.1 Å². The van der Waals surface area contributed by atoms with Gasteiger partial charge in [-0.1, -0.05) is 30.8 Å². The molecule has 0 fully saturated rings. The lowest BCUT2D eigenvalue weighted by atomic mass is 10.1. The first-order chi connectivity index (χ1) is 8.70. The summed E-state index contributed by atoms with van der Waals surface area (Å²) < 4.78 is 0.993. The third-order valence-corrected chi connectivity index (χ3v) is 4.52. The first kappa shape index (κ1) is 13.6. The molecule has 2 rings (SSSR count). The zero-order valence-electron chi connectivity index (χ0n) is 10.0. The van der Waals surface area contributed by atoms with Crippen LogP contribution in [0.2, 0.25) is 0 Å². The van der Waals surface area contributed by atoms with Crippen molar-refractivity contribution in [3.8, 4) is 0 Å². The maximum Gasteiger partial charge on any atom is 0.115 e. The number of aromatic nitrogens is 1. The summed E-state index contributed by atoms with van der Waals surface area (Å²) >= 11 is 5.08. The van der Waals surface area contributed by atoms with Crippen molar-refractivity contribution in [3.05, 3.63) is 52.6 Å². The van der Waals surface area contributed by atoms with Crippen LogP contribution in [-0.4, -0.2) is 10.1 Å². The molecule has 1 aromatic heterocycles. The van der Waals surface area contributed by atoms with Gasteiger partial charge in [-0.25, -0.2) is 4.98 Å². The number of hydrogen-bond acceptors (Lipinski definition) is 3. The zero-order valence-corrected chi connectivity index (χ0v) is 12.4. The summed E-state index contributed by atoms with van der Waals surface area (Å²) in [5.41, 5.74) is 0.960. The number of aliphatic hydroxyl groups excluding tert-OH is 1. The number of rotatable bonds is 4. The summed E-state index contributed by atoms with van der Waals surface area (Å²) in [4.78, 5) is 5.43. The normalized spacial score (nSPS) is 12.4. The first-order valence-corrected chi connectivity index (χ1v) is 7.38. The van der Waals surface area contributed by atoms with Crippen LogP contribution in [0.1, 0.15) is 25.0 Å². The van der Waals surface area contributed by atoms with E-state index in [2.05, 4.69) is 20.9 Å². The number of pyridine rings is 1. The Bertz CT molecular complexity index is 515. The molecule has 0 radical (unpaired) electrons. The van der Waals surface area contributed by atoms with Crippen LogP contribution < -0.4 is 0 Å². The van der Waals surface area contributed by atoms with Crippen molar-refractivity contribution in [1.29, 1.82) is 0 Å². The molecule has 94 valence electrons. The molecule has 1 heterocycles. The molecule has 2 nitrogen and oxygen atoms in total. The fraction of sp³-hybridized carbons (Fsp3) is 0.214. The van der Waals surface area contributed by atoms with Gasteiger partial charge in [0.15, 0.2) is 0 Å². The second-order valence-electron chi connectivity index (χ2n) is 3.89. The van der Waals surface area contributed by atoms with Crippen LogP contribution in [0, 0.1) is 0 Å². The Morgan fingerprint density at radius 2 is 2.00 bits per heavy atom. The summed E-state index contributed by atoms with van der Waals surface area (Å²) in [5, 5.41) is 10.7. The van der Waals surface area contributed by atoms with E-state index >= 15 is 0 Å². The standard InChI is InChI=1S/C14H14BrNOS/c1-2-13(17)10-5-7-11(8-6-10)18-14-12(15)4-3-9-16-14/h3-9,13,17H,2H2,1H3. The largest absolute Gasteiger partial charge is 0.388 e. The van der Waals surface area contributed by atoms with E-state index < -0.39 is 0 Å². The second kappa shape index (κ2) is 6.36. The van der Waals surface area contributed by atoms with Gasteiger partial charge < -0.3 is 5.11 Å². The Morgan fingerprint density at radius 1 is 1.28 bits per heavy atom. The quantitative estimate of drug-likeness (QED) is 0.903. The number of benzene rings is 1. The summed E-state index contributed by atoms with van der Waals surface area (Å²) in [6.45, 7) is 1.97. The summed E-state index contributed by atoms with van der Waals surface area (Å²) in [7, 11) is 0. The Labute approximate surface area is 120 Å². The second-order valence-corrected chi connectivity index (χ2v) is 5.80. The third-order valence-electron chi connectivity index (χ3n) is 2.59. The molecule has 0 aliphatic rings. The van der Waals surface area contributed by atoms with E-state index in [1.54, 1.807) is 18.0 Å². The zero-order chi connectivity index (χ0) is 13.0. The van der Waals surface area contributed by atoms with Gasteiger partial charge in [0.1, 0.15) is 5.03 Å². The van der Waals surface area contributed by atoms with Gasteiger partial charge in [0.2, 0.25) is 0 Å². The molecular formula is C14H14BrNOS. The monoisotopic (exact) mass is 323 g/mol. The summed E-state index contributed by atoms with van der Waals surface area (Å²) in [5.74, 6) is 0. The maximum atomic E-state index is 9.73. The third kappa shape index (κ3) is 3.34. The van der Waals surface area contributed by atoms with Crippen molar-refractivity contribution in [1.82, 2.24) is 4.98 Å². The Balaban J connectivity index is 2.14. The number of aliphatic hydroxyl groups is 1. The molecule has 0 spiro atoms. The molecule has 0 aliphatic heterocycles. The van der Waals surface area contributed by atoms with Crippen molar-refractivity contribution in [2.75, 3.05) is 0 Å². The van der Waals surface area contributed by atoms with Crippen LogP contribution in [0.3, 0.4) is 0 Å². The average Bonchev–Trinajstić information content (AvgIpc) is 2.41. The van der Waals surface area contributed by atoms with E-state index in [4.69, 9.17) is 0 Å². The molecule has 4 heteroatoms. The molecule has 0 amide bonds. The molecule has 1 atom stereocenters. The van der Waals surface area contributed by atoms with Crippen molar-refractivity contribution in [2.24, 2.45) is 0 Å². The van der Waals surface area contributed by atoms with Crippen LogP contribution >= 0.6 is 27.7 Å². The summed E-state index contributed by atoms with van der Waals surface area (Å²) in [6, 6.07) is 11.8. The van der Waals surface area contributed by atoms with Gasteiger partial charge in [0.25, 0.3) is 0 Å². The van der Waals surface area contributed by atoms with Crippen molar-refractivity contribution in [3.63, 3.8) is 0 Å². The molecule has 0 bridgehead atoms. The van der Waals surface area contributed by atoms with E-state index in [1.807, 2.05) is 43.3 Å². The van der Waals surface area contributed by atoms with Gasteiger partial charge in [-0.15, -0.1) is 0 Å². The van der Waals surface area contributed by atoms with Crippen LogP contribution in [0.25, 0.3) is 0 Å². The van der Waals surface area contributed by atoms with E-state index in [1.165, 1.54) is 0 Å². The predicted octanol–water partition coefficient (Wildman–Crippen LogP) is 4.44. The molecule has 1 N–H and O–H groups in total. The van der Waals surface area contributed by atoms with Gasteiger partial charge in [-0.05, 0) is 52.2 Å². The van der Waals surface area contributed by atoms with Crippen LogP contribution in [0.15, 0.2) is 57.0 Å². The highest BCUT2D eigenvalue weighted by molar-refractivity contribution is 9.10. The van der Waals surface area contributed by atoms with Crippen molar-refractivity contribution >= 4 is 27.7 Å². The molecule has 0 saturated heterocycles. The highest BCUT2D eigenvalue weighted by atomic mass is 79.9. The van der Waals surface area contributed by atoms with Crippen LogP contribution in [0.5, 0.6) is 0 Å². The van der Waals surface area contributed by atoms with Crippen molar-refractivity contribution in [2.45, 2.75) is 29.4 Å². The highest BCUT2D eigenvalue weighted by Crippen LogP contribution is 2.32. The Morgan fingerprint density at radius 3 is 2.61 bits per heavy atom. The minimum atomic E-state index is -0.370. The maximum absolute atomic E-state index is 9.73. The van der Waals surface area contributed by atoms with Crippen LogP contribution in [-0.2, 0) is 0 Å². The molecule has 2 aromatic rings. The van der Waals surface area contributed by atoms with Gasteiger partial charge in [-0.2, -0.15) is 0 Å². The lowest BCUT2D eigenvalue weighted by molar-refractivity contribution is 0.173. The number of hydrogen-bond donors (Lipinski definition) is 1. The molecule has 1 unspecified atom stereocenters. The lowest BCUT2D eigenvalue weighted by Gasteiger charge is -2.09. The van der Waals surface area contributed by atoms with E-state index in [0.717, 1.165) is 26.4 Å².